The Morgan fingerprint density at radius 1 is 1.06 bits per heavy atom. The summed E-state index contributed by atoms with van der Waals surface area (Å²) in [6.45, 7) is 3.00. The van der Waals surface area contributed by atoms with E-state index in [1.165, 1.54) is 51.0 Å². The number of aromatic nitrogens is 1. The molecular weight excluding hydrogens is 632 g/mol. The van der Waals surface area contributed by atoms with Crippen molar-refractivity contribution in [2.24, 2.45) is 29.4 Å². The Labute approximate surface area is 269 Å². The van der Waals surface area contributed by atoms with E-state index >= 15 is 0 Å². The molecule has 14 nitrogen and oxygen atoms in total. The molecular formula is C32H32N4O10S. The van der Waals surface area contributed by atoms with Crippen LogP contribution in [0.1, 0.15) is 33.8 Å². The van der Waals surface area contributed by atoms with Crippen LogP contribution in [0.2, 0.25) is 0 Å². The Morgan fingerprint density at radius 2 is 1.72 bits per heavy atom. The van der Waals surface area contributed by atoms with Gasteiger partial charge in [0.05, 0.1) is 17.5 Å². The fourth-order valence-corrected chi connectivity index (χ4v) is 9.05. The highest BCUT2D eigenvalue weighted by atomic mass is 32.2. The maximum absolute atomic E-state index is 14.0. The molecule has 0 aliphatic heterocycles. The summed E-state index contributed by atoms with van der Waals surface area (Å²) in [6, 6.07) is 7.99. The first-order chi connectivity index (χ1) is 22.0. The summed E-state index contributed by atoms with van der Waals surface area (Å²) in [7, 11) is -0.976. The van der Waals surface area contributed by atoms with Crippen molar-refractivity contribution in [2.45, 2.75) is 43.2 Å². The summed E-state index contributed by atoms with van der Waals surface area (Å²) in [6.07, 6.45) is -0.00257. The van der Waals surface area contributed by atoms with Gasteiger partial charge in [-0.2, -0.15) is 0 Å². The van der Waals surface area contributed by atoms with E-state index in [0.717, 1.165) is 0 Å². The number of fused-ring (bicyclic) bond motifs is 3. The van der Waals surface area contributed by atoms with Gasteiger partial charge in [0.2, 0.25) is 5.91 Å². The van der Waals surface area contributed by atoms with Gasteiger partial charge >= 0.3 is 0 Å². The number of nitrogens with one attached hydrogen (secondary N) is 1. The lowest BCUT2D eigenvalue weighted by molar-refractivity contribution is -0.181. The van der Waals surface area contributed by atoms with Crippen LogP contribution in [0.15, 0.2) is 45.8 Å². The second-order valence-corrected chi connectivity index (χ2v) is 14.2. The van der Waals surface area contributed by atoms with Crippen molar-refractivity contribution in [3.63, 3.8) is 0 Å². The van der Waals surface area contributed by atoms with Crippen LogP contribution in [0.5, 0.6) is 5.75 Å². The van der Waals surface area contributed by atoms with Crippen LogP contribution in [0, 0.1) is 37.5 Å². The molecule has 2 saturated carbocycles. The lowest BCUT2D eigenvalue weighted by Crippen LogP contribution is -2.74. The zero-order valence-corrected chi connectivity index (χ0v) is 26.6. The van der Waals surface area contributed by atoms with E-state index in [-0.39, 0.29) is 40.4 Å². The number of aromatic hydroxyl groups is 1. The molecule has 3 aliphatic rings. The standard InChI is InChI=1S/C32H32N4O10S/c1-13-28(14(2)46-34-13)47(44,45)35-17-7-5-15(6-8-17)18-9-10-21(37)23-19(18)11-16-12-20-25(36(3)4)27(39)24(31(33)42)30(41)32(20,43)29(40)22(16)26(23)38/h5-10,16,20,22,24-25,35,37,43H,11-12H2,1-4H3,(H2,33,42)/t16-,20-,22?,24?,25?,32-/m0/s1. The van der Waals surface area contributed by atoms with Crippen LogP contribution < -0.4 is 10.5 Å². The lowest BCUT2D eigenvalue weighted by Gasteiger charge is -2.52. The van der Waals surface area contributed by atoms with Crippen molar-refractivity contribution in [3.05, 3.63) is 59.0 Å². The number of rotatable bonds is 6. The number of aryl methyl sites for hydroxylation is 2. The van der Waals surface area contributed by atoms with Crippen LogP contribution in [0.4, 0.5) is 5.69 Å². The van der Waals surface area contributed by atoms with Crippen molar-refractivity contribution in [3.8, 4) is 16.9 Å². The maximum atomic E-state index is 14.0. The third-order valence-corrected chi connectivity index (χ3v) is 11.3. The van der Waals surface area contributed by atoms with E-state index in [0.29, 0.717) is 16.7 Å². The van der Waals surface area contributed by atoms with Crippen LogP contribution in [0.3, 0.4) is 0 Å². The third kappa shape index (κ3) is 4.71. The molecule has 15 heteroatoms. The SMILES string of the molecule is Cc1noc(C)c1S(=O)(=O)Nc1ccc(-c2ccc(O)c3c2C[C@H]2C[C@H]4C(N(C)C)C(=O)C(C(N)=O)C(=O)[C@@]4(O)C(=O)C2C3=O)cc1. The van der Waals surface area contributed by atoms with Gasteiger partial charge < -0.3 is 20.5 Å². The number of primary amides is 1. The average Bonchev–Trinajstić information content (AvgIpc) is 3.33. The molecule has 6 atom stereocenters. The van der Waals surface area contributed by atoms with Crippen molar-refractivity contribution in [1.82, 2.24) is 10.1 Å². The minimum absolute atomic E-state index is 0.0702. The second-order valence-electron chi connectivity index (χ2n) is 12.6. The molecule has 47 heavy (non-hydrogen) atoms. The van der Waals surface area contributed by atoms with E-state index < -0.39 is 80.1 Å². The normalized spacial score (nSPS) is 27.3. The second kappa shape index (κ2) is 10.9. The van der Waals surface area contributed by atoms with Gasteiger partial charge in [0.25, 0.3) is 10.0 Å². The number of Topliss-reactive ketones (excluding diaryl/α,β-unsaturated/α-hetero) is 4. The number of nitrogens with two attached hydrogens (primary N) is 1. The van der Waals surface area contributed by atoms with E-state index in [4.69, 9.17) is 10.3 Å². The van der Waals surface area contributed by atoms with Crippen LogP contribution in [-0.4, -0.2) is 83.5 Å². The summed E-state index contributed by atoms with van der Waals surface area (Å²) < 4.78 is 33.4. The number of anilines is 1. The van der Waals surface area contributed by atoms with Crippen molar-refractivity contribution >= 4 is 44.8 Å². The maximum Gasteiger partial charge on any atom is 0.267 e. The largest absolute Gasteiger partial charge is 0.507 e. The quantitative estimate of drug-likeness (QED) is 0.270. The Bertz CT molecular complexity index is 1980. The van der Waals surface area contributed by atoms with Gasteiger partial charge in [-0.1, -0.05) is 23.4 Å². The first kappa shape index (κ1) is 32.2. The Kier molecular flexibility index (Phi) is 7.49. The number of benzene rings is 2. The Hall–Kier alpha value is -4.73. The van der Waals surface area contributed by atoms with E-state index in [1.54, 1.807) is 18.2 Å². The highest BCUT2D eigenvalue weighted by Gasteiger charge is 2.69. The minimum atomic E-state index is -4.01. The molecule has 1 heterocycles. The van der Waals surface area contributed by atoms with Crippen molar-refractivity contribution in [2.75, 3.05) is 18.8 Å². The van der Waals surface area contributed by atoms with Gasteiger partial charge in [-0.05, 0) is 81.6 Å². The number of carbonyl (C=O) groups is 5. The highest BCUT2D eigenvalue weighted by Crippen LogP contribution is 2.51. The Balaban J connectivity index is 1.37. The average molecular weight is 665 g/mol. The van der Waals surface area contributed by atoms with E-state index in [1.807, 2.05) is 0 Å². The minimum Gasteiger partial charge on any atom is -0.507 e. The zero-order chi connectivity index (χ0) is 34.3. The smallest absolute Gasteiger partial charge is 0.267 e. The zero-order valence-electron chi connectivity index (χ0n) is 25.8. The number of ketones is 4. The number of amides is 1. The van der Waals surface area contributed by atoms with Crippen molar-refractivity contribution in [1.29, 1.82) is 0 Å². The molecule has 246 valence electrons. The van der Waals surface area contributed by atoms with Crippen molar-refractivity contribution < 1.29 is 47.1 Å². The first-order valence-corrected chi connectivity index (χ1v) is 16.2. The van der Waals surface area contributed by atoms with Crippen LogP contribution in [-0.2, 0) is 35.6 Å². The number of aliphatic hydroxyl groups is 1. The van der Waals surface area contributed by atoms with E-state index in [2.05, 4.69) is 9.88 Å². The van der Waals surface area contributed by atoms with E-state index in [9.17, 15) is 42.6 Å². The molecule has 2 fully saturated rings. The predicted octanol–water partition coefficient (Wildman–Crippen LogP) is 0.940. The lowest BCUT2D eigenvalue weighted by atomic mass is 9.52. The number of hydrogen-bond acceptors (Lipinski definition) is 12. The molecule has 1 amide bonds. The monoisotopic (exact) mass is 664 g/mol. The predicted molar refractivity (Wildman–Crippen MR) is 164 cm³/mol. The van der Waals surface area contributed by atoms with Crippen LogP contribution >= 0.6 is 0 Å². The summed E-state index contributed by atoms with van der Waals surface area (Å²) in [5.74, 6) is -11.2. The third-order valence-electron chi connectivity index (χ3n) is 9.63. The van der Waals surface area contributed by atoms with Gasteiger partial charge in [0.1, 0.15) is 11.4 Å². The van der Waals surface area contributed by atoms with Gasteiger partial charge in [-0.25, -0.2) is 8.42 Å². The molecule has 0 radical (unpaired) electrons. The Morgan fingerprint density at radius 3 is 2.30 bits per heavy atom. The highest BCUT2D eigenvalue weighted by molar-refractivity contribution is 7.92. The van der Waals surface area contributed by atoms with Gasteiger partial charge in [-0.3, -0.25) is 33.6 Å². The molecule has 3 aromatic rings. The number of carbonyl (C=O) groups excluding carboxylic acids is 5. The summed E-state index contributed by atoms with van der Waals surface area (Å²) in [4.78, 5) is 68.3. The molecule has 1 aromatic heterocycles. The molecule has 6 rings (SSSR count). The fourth-order valence-electron chi connectivity index (χ4n) is 7.66. The molecule has 0 spiro atoms. The number of phenolic OH excluding ortho intramolecular Hbond substituents is 1. The molecule has 0 saturated heterocycles. The number of nitrogens with zero attached hydrogens (tertiary/aromatic N) is 2. The number of hydrogen-bond donors (Lipinski definition) is 4. The molecule has 2 aromatic carbocycles. The fraction of sp³-hybridized carbons (Fsp3) is 0.375. The number of likely N-dealkylation sites (N-methyl/N-ethyl adjacent to an activating group) is 1. The number of phenols is 1. The molecule has 0 bridgehead atoms. The first-order valence-electron chi connectivity index (χ1n) is 14.8. The molecule has 3 aliphatic carbocycles. The topological polar surface area (TPSA) is 227 Å². The van der Waals surface area contributed by atoms with Gasteiger partial charge in [-0.15, -0.1) is 0 Å². The molecule has 3 unspecified atom stereocenters. The summed E-state index contributed by atoms with van der Waals surface area (Å²) in [5.41, 5.74) is 4.39. The molecule has 5 N–H and O–H groups in total. The number of sulfonamides is 1. The van der Waals surface area contributed by atoms with Crippen LogP contribution in [0.25, 0.3) is 11.1 Å². The summed E-state index contributed by atoms with van der Waals surface area (Å²) in [5, 5.41) is 26.3. The van der Waals surface area contributed by atoms with Gasteiger partial charge in [0, 0.05) is 11.6 Å². The summed E-state index contributed by atoms with van der Waals surface area (Å²) >= 11 is 0. The van der Waals surface area contributed by atoms with Gasteiger partial charge in [0.15, 0.2) is 45.3 Å².